The summed E-state index contributed by atoms with van der Waals surface area (Å²) < 4.78 is 43.8. The van der Waals surface area contributed by atoms with E-state index in [1.165, 1.54) is 23.3 Å². The number of H-pyrrole nitrogens is 1. The molecule has 206 valence electrons. The van der Waals surface area contributed by atoms with Crippen LogP contribution in [-0.4, -0.2) is 26.2 Å². The van der Waals surface area contributed by atoms with Crippen molar-refractivity contribution in [1.29, 1.82) is 0 Å². The lowest BCUT2D eigenvalue weighted by atomic mass is 9.95. The molecule has 1 atom stereocenters. The van der Waals surface area contributed by atoms with E-state index in [1.54, 1.807) is 12.1 Å². The first-order valence-electron chi connectivity index (χ1n) is 14.0. The molecular formula is C33H33F3N4. The highest BCUT2D eigenvalue weighted by atomic mass is 19.4. The molecule has 1 aliphatic heterocycles. The Morgan fingerprint density at radius 3 is 2.42 bits per heavy atom. The first-order valence-corrected chi connectivity index (χ1v) is 14.0. The second kappa shape index (κ2) is 10.3. The van der Waals surface area contributed by atoms with Gasteiger partial charge in [0.25, 0.3) is 0 Å². The summed E-state index contributed by atoms with van der Waals surface area (Å²) in [4.78, 5) is 5.43. The van der Waals surface area contributed by atoms with E-state index < -0.39 is 17.8 Å². The van der Waals surface area contributed by atoms with Crippen LogP contribution in [0.25, 0.3) is 27.8 Å². The highest BCUT2D eigenvalue weighted by Crippen LogP contribution is 2.40. The third-order valence-corrected chi connectivity index (χ3v) is 8.33. The molecule has 6 rings (SSSR count). The lowest BCUT2D eigenvalue weighted by Gasteiger charge is -2.33. The zero-order valence-corrected chi connectivity index (χ0v) is 23.0. The van der Waals surface area contributed by atoms with Crippen molar-refractivity contribution in [1.82, 2.24) is 19.7 Å². The topological polar surface area (TPSA) is 36.9 Å². The van der Waals surface area contributed by atoms with Crippen molar-refractivity contribution < 1.29 is 13.2 Å². The molecule has 0 fully saturated rings. The van der Waals surface area contributed by atoms with Crippen LogP contribution in [-0.2, 0) is 32.0 Å². The van der Waals surface area contributed by atoms with Gasteiger partial charge in [0.1, 0.15) is 0 Å². The van der Waals surface area contributed by atoms with E-state index in [-0.39, 0.29) is 0 Å². The first-order chi connectivity index (χ1) is 19.3. The number of aromatic nitrogens is 3. The molecule has 40 heavy (non-hydrogen) atoms. The average Bonchev–Trinajstić information content (AvgIpc) is 3.59. The number of alkyl halides is 3. The number of nitrogens with one attached hydrogen (secondary N) is 1. The van der Waals surface area contributed by atoms with Gasteiger partial charge >= 0.3 is 6.18 Å². The summed E-state index contributed by atoms with van der Waals surface area (Å²) in [5.41, 5.74) is 8.57. The zero-order chi connectivity index (χ0) is 28.0. The van der Waals surface area contributed by atoms with Crippen molar-refractivity contribution in [2.75, 3.05) is 6.54 Å². The Morgan fingerprint density at radius 2 is 1.70 bits per heavy atom. The molecule has 1 aliphatic rings. The fourth-order valence-corrected chi connectivity index (χ4v) is 6.19. The highest BCUT2D eigenvalue weighted by molar-refractivity contribution is 5.85. The number of rotatable bonds is 6. The number of halogens is 3. The minimum absolute atomic E-state index is 0.311. The second-order valence-corrected chi connectivity index (χ2v) is 10.6. The molecule has 3 heterocycles. The quantitative estimate of drug-likeness (QED) is 0.234. The number of hydrogen-bond acceptors (Lipinski definition) is 2. The molecule has 0 radical (unpaired) electrons. The van der Waals surface area contributed by atoms with Gasteiger partial charge in [0.2, 0.25) is 0 Å². The Labute approximate surface area is 232 Å². The summed E-state index contributed by atoms with van der Waals surface area (Å²) in [6, 6.07) is 20.4. The van der Waals surface area contributed by atoms with E-state index >= 15 is 0 Å². The summed E-state index contributed by atoms with van der Waals surface area (Å²) in [5.74, 6) is 0. The summed E-state index contributed by atoms with van der Waals surface area (Å²) >= 11 is 0. The number of aromatic amines is 1. The molecule has 1 unspecified atom stereocenters. The van der Waals surface area contributed by atoms with Gasteiger partial charge in [0.15, 0.2) is 0 Å². The van der Waals surface area contributed by atoms with Crippen molar-refractivity contribution in [2.24, 2.45) is 0 Å². The standard InChI is InChI=1S/C33H33F3N4/c1-4-22-9-8-10-23(5-2)31(22)40-32(25-13-14-29-24(19-25)15-17-37-29)27-20-39(18-16-30(27)38-40)21(3)26-11-6-7-12-28(26)33(34,35)36/h6-15,17,19,21,37H,4-5,16,18,20H2,1-3H3. The summed E-state index contributed by atoms with van der Waals surface area (Å²) in [7, 11) is 0. The average molecular weight is 543 g/mol. The molecule has 0 bridgehead atoms. The first kappa shape index (κ1) is 26.4. The van der Waals surface area contributed by atoms with Gasteiger partial charge in [-0.05, 0) is 60.7 Å². The fraction of sp³-hybridized carbons (Fsp3) is 0.303. The minimum atomic E-state index is -4.39. The van der Waals surface area contributed by atoms with Crippen LogP contribution in [0.1, 0.15) is 60.3 Å². The molecule has 0 saturated heterocycles. The van der Waals surface area contributed by atoms with Crippen molar-refractivity contribution in [3.05, 3.63) is 106 Å². The maximum absolute atomic E-state index is 13.9. The molecule has 0 amide bonds. The van der Waals surface area contributed by atoms with Crippen LogP contribution >= 0.6 is 0 Å². The van der Waals surface area contributed by atoms with Gasteiger partial charge in [-0.3, -0.25) is 4.90 Å². The van der Waals surface area contributed by atoms with Crippen molar-refractivity contribution in [2.45, 2.75) is 58.8 Å². The van der Waals surface area contributed by atoms with E-state index in [2.05, 4.69) is 70.9 Å². The largest absolute Gasteiger partial charge is 0.416 e. The highest BCUT2D eigenvalue weighted by Gasteiger charge is 2.36. The number of aryl methyl sites for hydroxylation is 2. The van der Waals surface area contributed by atoms with Gasteiger partial charge in [-0.2, -0.15) is 18.3 Å². The number of hydrogen-bond donors (Lipinski definition) is 1. The number of para-hydroxylation sites is 1. The van der Waals surface area contributed by atoms with Crippen LogP contribution < -0.4 is 0 Å². The Hall–Kier alpha value is -3.84. The molecule has 0 aliphatic carbocycles. The van der Waals surface area contributed by atoms with Crippen LogP contribution in [0.15, 0.2) is 72.9 Å². The predicted molar refractivity (Wildman–Crippen MR) is 154 cm³/mol. The lowest BCUT2D eigenvalue weighted by molar-refractivity contribution is -0.138. The lowest BCUT2D eigenvalue weighted by Crippen LogP contribution is -2.33. The molecule has 3 aromatic carbocycles. The van der Waals surface area contributed by atoms with Crippen LogP contribution in [0, 0.1) is 0 Å². The van der Waals surface area contributed by atoms with E-state index in [9.17, 15) is 13.2 Å². The molecule has 7 heteroatoms. The molecular weight excluding hydrogens is 509 g/mol. The van der Waals surface area contributed by atoms with Crippen LogP contribution in [0.4, 0.5) is 13.2 Å². The molecule has 2 aromatic heterocycles. The third-order valence-electron chi connectivity index (χ3n) is 8.33. The Morgan fingerprint density at radius 1 is 0.950 bits per heavy atom. The molecule has 4 nitrogen and oxygen atoms in total. The van der Waals surface area contributed by atoms with Crippen LogP contribution in [0.5, 0.6) is 0 Å². The van der Waals surface area contributed by atoms with Crippen LogP contribution in [0.3, 0.4) is 0 Å². The Kier molecular flexibility index (Phi) is 6.78. The third kappa shape index (κ3) is 4.52. The van der Waals surface area contributed by atoms with Crippen molar-refractivity contribution >= 4 is 10.9 Å². The smallest absolute Gasteiger partial charge is 0.361 e. The van der Waals surface area contributed by atoms with Crippen molar-refractivity contribution in [3.63, 3.8) is 0 Å². The second-order valence-electron chi connectivity index (χ2n) is 10.6. The van der Waals surface area contributed by atoms with E-state index in [1.807, 2.05) is 13.1 Å². The van der Waals surface area contributed by atoms with Gasteiger partial charge in [-0.1, -0.05) is 56.3 Å². The zero-order valence-electron chi connectivity index (χ0n) is 23.0. The molecule has 0 spiro atoms. The van der Waals surface area contributed by atoms with Gasteiger partial charge < -0.3 is 4.98 Å². The van der Waals surface area contributed by atoms with Gasteiger partial charge in [-0.25, -0.2) is 4.68 Å². The molecule has 0 saturated carbocycles. The summed E-state index contributed by atoms with van der Waals surface area (Å²) in [5, 5.41) is 6.32. The van der Waals surface area contributed by atoms with Gasteiger partial charge in [0, 0.05) is 53.8 Å². The van der Waals surface area contributed by atoms with E-state index in [0.29, 0.717) is 25.1 Å². The fourth-order valence-electron chi connectivity index (χ4n) is 6.19. The predicted octanol–water partition coefficient (Wildman–Crippen LogP) is 8.28. The van der Waals surface area contributed by atoms with E-state index in [4.69, 9.17) is 5.10 Å². The van der Waals surface area contributed by atoms with Crippen LogP contribution in [0.2, 0.25) is 0 Å². The Bertz CT molecular complexity index is 1650. The summed E-state index contributed by atoms with van der Waals surface area (Å²) in [6.07, 6.45) is -0.0305. The van der Waals surface area contributed by atoms with Gasteiger partial charge in [0.05, 0.1) is 22.6 Å². The Balaban J connectivity index is 1.51. The SMILES string of the molecule is CCc1cccc(CC)c1-n1nc2c(c1-c1ccc3[nH]ccc3c1)CN(C(C)c1ccccc1C(F)(F)F)CC2. The van der Waals surface area contributed by atoms with Gasteiger partial charge in [-0.15, -0.1) is 0 Å². The number of fused-ring (bicyclic) bond motifs is 2. The molecule has 5 aromatic rings. The normalized spacial score (nSPS) is 14.9. The number of nitrogens with zero attached hydrogens (tertiary/aromatic N) is 3. The summed E-state index contributed by atoms with van der Waals surface area (Å²) in [6.45, 7) is 7.37. The number of benzene rings is 3. The van der Waals surface area contributed by atoms with E-state index in [0.717, 1.165) is 51.9 Å². The minimum Gasteiger partial charge on any atom is -0.361 e. The van der Waals surface area contributed by atoms with Crippen molar-refractivity contribution in [3.8, 4) is 16.9 Å². The molecule has 1 N–H and O–H groups in total. The maximum Gasteiger partial charge on any atom is 0.416 e. The monoisotopic (exact) mass is 542 g/mol. The maximum atomic E-state index is 13.9.